The van der Waals surface area contributed by atoms with Crippen molar-refractivity contribution in [1.29, 1.82) is 0 Å². The minimum atomic E-state index is -0.742. The molecule has 1 amide bonds. The fourth-order valence-corrected chi connectivity index (χ4v) is 2.63. The summed E-state index contributed by atoms with van der Waals surface area (Å²) in [5.41, 5.74) is 7.85. The quantitative estimate of drug-likeness (QED) is 0.555. The van der Waals surface area contributed by atoms with Crippen molar-refractivity contribution in [1.82, 2.24) is 5.32 Å². The lowest BCUT2D eigenvalue weighted by Crippen LogP contribution is -2.29. The van der Waals surface area contributed by atoms with Gasteiger partial charge in [-0.05, 0) is 43.5 Å². The van der Waals surface area contributed by atoms with Crippen LogP contribution in [0.3, 0.4) is 0 Å². The standard InChI is InChI=1S/C16H23N3O3/c1-9(22-3)8-18-10(2)19-12-5-4-11-6-14(20)15(16(17)21)13(11)7-12/h4-5,7,9,14-15,20H,6,8H2,1-3H3,(H2,17,21)(H,18,19)/t9-,14-,15?/m1/s1. The number of amides is 1. The van der Waals surface area contributed by atoms with Crippen molar-refractivity contribution in [2.45, 2.75) is 38.4 Å². The fraction of sp³-hybridized carbons (Fsp3) is 0.500. The number of methoxy groups -OCH3 is 1. The highest BCUT2D eigenvalue weighted by Crippen LogP contribution is 2.35. The van der Waals surface area contributed by atoms with E-state index in [1.54, 1.807) is 7.11 Å². The number of ether oxygens (including phenoxy) is 1. The number of fused-ring (bicyclic) bond motifs is 1. The molecule has 0 aliphatic heterocycles. The number of benzene rings is 1. The molecule has 0 saturated carbocycles. The summed E-state index contributed by atoms with van der Waals surface area (Å²) >= 11 is 0. The minimum absolute atomic E-state index is 0.0968. The van der Waals surface area contributed by atoms with Crippen LogP contribution in [0.1, 0.15) is 30.9 Å². The molecule has 120 valence electrons. The van der Waals surface area contributed by atoms with Crippen LogP contribution in [0.4, 0.5) is 5.69 Å². The number of aliphatic hydroxyl groups excluding tert-OH is 1. The van der Waals surface area contributed by atoms with Crippen LogP contribution in [0, 0.1) is 0 Å². The van der Waals surface area contributed by atoms with Crippen LogP contribution in [-0.4, -0.2) is 42.7 Å². The number of amidine groups is 1. The Labute approximate surface area is 130 Å². The van der Waals surface area contributed by atoms with E-state index < -0.39 is 17.9 Å². The van der Waals surface area contributed by atoms with Gasteiger partial charge in [-0.1, -0.05) is 6.07 Å². The van der Waals surface area contributed by atoms with Crippen LogP contribution in [0.2, 0.25) is 0 Å². The van der Waals surface area contributed by atoms with Crippen LogP contribution in [0.25, 0.3) is 0 Å². The maximum Gasteiger partial charge on any atom is 0.227 e. The van der Waals surface area contributed by atoms with Crippen molar-refractivity contribution in [3.8, 4) is 0 Å². The second kappa shape index (κ2) is 6.89. The Morgan fingerprint density at radius 2 is 2.32 bits per heavy atom. The summed E-state index contributed by atoms with van der Waals surface area (Å²) in [5, 5.41) is 13.1. The molecule has 0 aromatic heterocycles. The molecule has 1 aliphatic carbocycles. The van der Waals surface area contributed by atoms with E-state index in [1.165, 1.54) is 0 Å². The number of nitrogens with two attached hydrogens (primary N) is 1. The number of hydrogen-bond acceptors (Lipinski definition) is 4. The number of carbonyl (C=O) groups excluding carboxylic acids is 1. The zero-order valence-corrected chi connectivity index (χ0v) is 13.2. The van der Waals surface area contributed by atoms with Gasteiger partial charge in [0.1, 0.15) is 0 Å². The van der Waals surface area contributed by atoms with E-state index in [-0.39, 0.29) is 6.10 Å². The Hall–Kier alpha value is -1.92. The predicted molar refractivity (Wildman–Crippen MR) is 85.3 cm³/mol. The van der Waals surface area contributed by atoms with Gasteiger partial charge in [-0.3, -0.25) is 4.79 Å². The van der Waals surface area contributed by atoms with Crippen LogP contribution in [0.5, 0.6) is 0 Å². The molecule has 1 aliphatic rings. The smallest absolute Gasteiger partial charge is 0.227 e. The van der Waals surface area contributed by atoms with E-state index in [1.807, 2.05) is 32.0 Å². The van der Waals surface area contributed by atoms with E-state index in [0.717, 1.165) is 22.6 Å². The molecular formula is C16H23N3O3. The molecule has 0 fully saturated rings. The van der Waals surface area contributed by atoms with Crippen molar-refractivity contribution in [2.24, 2.45) is 10.7 Å². The summed E-state index contributed by atoms with van der Waals surface area (Å²) in [6, 6.07) is 5.59. The highest BCUT2D eigenvalue weighted by atomic mass is 16.5. The van der Waals surface area contributed by atoms with Crippen LogP contribution < -0.4 is 11.1 Å². The molecular weight excluding hydrogens is 282 g/mol. The SMILES string of the molecule is CO[C@H](C)CNC(C)=Nc1ccc2c(c1)C(C(N)=O)[C@H](O)C2. The van der Waals surface area contributed by atoms with Gasteiger partial charge >= 0.3 is 0 Å². The van der Waals surface area contributed by atoms with Crippen molar-refractivity contribution in [3.05, 3.63) is 29.3 Å². The zero-order valence-electron chi connectivity index (χ0n) is 13.2. The summed E-state index contributed by atoms with van der Waals surface area (Å²) in [4.78, 5) is 16.0. The number of carbonyl (C=O) groups is 1. The number of aliphatic imine (C=N–C) groups is 1. The lowest BCUT2D eigenvalue weighted by molar-refractivity contribution is -0.121. The van der Waals surface area contributed by atoms with Gasteiger partial charge in [-0.15, -0.1) is 0 Å². The van der Waals surface area contributed by atoms with E-state index in [4.69, 9.17) is 10.5 Å². The van der Waals surface area contributed by atoms with Gasteiger partial charge in [0.05, 0.1) is 29.6 Å². The maximum absolute atomic E-state index is 11.5. The molecule has 1 unspecified atom stereocenters. The average Bonchev–Trinajstić information content (AvgIpc) is 2.80. The van der Waals surface area contributed by atoms with Gasteiger partial charge in [-0.25, -0.2) is 4.99 Å². The first-order valence-electron chi connectivity index (χ1n) is 7.34. The van der Waals surface area contributed by atoms with Crippen LogP contribution >= 0.6 is 0 Å². The Kier molecular flexibility index (Phi) is 5.15. The second-order valence-corrected chi connectivity index (χ2v) is 5.66. The summed E-state index contributed by atoms with van der Waals surface area (Å²) in [6.45, 7) is 4.50. The van der Waals surface area contributed by atoms with E-state index in [0.29, 0.717) is 13.0 Å². The predicted octanol–water partition coefficient (Wildman–Crippen LogP) is 0.847. The Bertz CT molecular complexity index is 586. The highest BCUT2D eigenvalue weighted by Gasteiger charge is 2.35. The Morgan fingerprint density at radius 3 is 2.95 bits per heavy atom. The molecule has 1 aromatic rings. The zero-order chi connectivity index (χ0) is 16.3. The van der Waals surface area contributed by atoms with E-state index >= 15 is 0 Å². The molecule has 3 atom stereocenters. The Morgan fingerprint density at radius 1 is 1.59 bits per heavy atom. The van der Waals surface area contributed by atoms with Crippen molar-refractivity contribution in [3.63, 3.8) is 0 Å². The van der Waals surface area contributed by atoms with Gasteiger partial charge in [0, 0.05) is 13.7 Å². The first-order valence-corrected chi connectivity index (χ1v) is 7.34. The maximum atomic E-state index is 11.5. The lowest BCUT2D eigenvalue weighted by atomic mass is 9.99. The van der Waals surface area contributed by atoms with Gasteiger partial charge in [-0.2, -0.15) is 0 Å². The third-order valence-corrected chi connectivity index (χ3v) is 3.93. The summed E-state index contributed by atoms with van der Waals surface area (Å²) < 4.78 is 5.17. The second-order valence-electron chi connectivity index (χ2n) is 5.66. The summed E-state index contributed by atoms with van der Waals surface area (Å²) in [5.74, 6) is -0.388. The van der Waals surface area contributed by atoms with Crippen LogP contribution in [0.15, 0.2) is 23.2 Å². The fourth-order valence-electron chi connectivity index (χ4n) is 2.63. The molecule has 6 heteroatoms. The van der Waals surface area contributed by atoms with Crippen molar-refractivity contribution in [2.75, 3.05) is 13.7 Å². The molecule has 0 saturated heterocycles. The lowest BCUT2D eigenvalue weighted by Gasteiger charge is -2.12. The average molecular weight is 305 g/mol. The molecule has 0 spiro atoms. The van der Waals surface area contributed by atoms with Crippen LogP contribution in [-0.2, 0) is 16.0 Å². The number of hydrogen-bond donors (Lipinski definition) is 3. The van der Waals surface area contributed by atoms with Crippen molar-refractivity contribution >= 4 is 17.4 Å². The third-order valence-electron chi connectivity index (χ3n) is 3.93. The topological polar surface area (TPSA) is 96.9 Å². The van der Waals surface area contributed by atoms with Gasteiger partial charge < -0.3 is 20.9 Å². The summed E-state index contributed by atoms with van der Waals surface area (Å²) in [6.07, 6.45) is -0.191. The van der Waals surface area contributed by atoms with Crippen molar-refractivity contribution < 1.29 is 14.6 Å². The highest BCUT2D eigenvalue weighted by molar-refractivity contribution is 5.85. The number of rotatable bonds is 5. The van der Waals surface area contributed by atoms with Gasteiger partial charge in [0.25, 0.3) is 0 Å². The first kappa shape index (κ1) is 16.5. The molecule has 4 N–H and O–H groups in total. The number of nitrogens with one attached hydrogen (secondary N) is 1. The molecule has 0 bridgehead atoms. The normalized spacial score (nSPS) is 22.3. The first-order chi connectivity index (χ1) is 10.4. The molecule has 1 aromatic carbocycles. The monoisotopic (exact) mass is 305 g/mol. The largest absolute Gasteiger partial charge is 0.392 e. The number of primary amides is 1. The minimum Gasteiger partial charge on any atom is -0.392 e. The molecule has 22 heavy (non-hydrogen) atoms. The van der Waals surface area contributed by atoms with Gasteiger partial charge in [0.15, 0.2) is 0 Å². The molecule has 6 nitrogen and oxygen atoms in total. The third kappa shape index (κ3) is 3.64. The number of aliphatic hydroxyl groups is 1. The van der Waals surface area contributed by atoms with Gasteiger partial charge in [0.2, 0.25) is 5.91 Å². The molecule has 0 heterocycles. The number of nitrogens with zero attached hydrogens (tertiary/aromatic N) is 1. The molecule has 2 rings (SSSR count). The summed E-state index contributed by atoms with van der Waals surface area (Å²) in [7, 11) is 1.66. The Balaban J connectivity index is 2.16. The molecule has 0 radical (unpaired) electrons. The van der Waals surface area contributed by atoms with E-state index in [2.05, 4.69) is 10.3 Å². The van der Waals surface area contributed by atoms with E-state index in [9.17, 15) is 9.90 Å².